The number of amides is 1. The number of carbonyl (C=O) groups is 1. The Labute approximate surface area is 182 Å². The Morgan fingerprint density at radius 1 is 1.41 bits per heavy atom. The second-order valence-electron chi connectivity index (χ2n) is 7.05. The van der Waals surface area contributed by atoms with Gasteiger partial charge in [-0.2, -0.15) is 0 Å². The number of anilines is 2. The van der Waals surface area contributed by atoms with Crippen LogP contribution in [0.4, 0.5) is 11.4 Å². The summed E-state index contributed by atoms with van der Waals surface area (Å²) in [4.78, 5) is 34.1. The van der Waals surface area contributed by atoms with Crippen LogP contribution in [0.5, 0.6) is 0 Å². The average Bonchev–Trinajstić information content (AvgIpc) is 3.06. The van der Waals surface area contributed by atoms with Crippen molar-refractivity contribution in [2.75, 3.05) is 23.3 Å². The Morgan fingerprint density at radius 2 is 2.21 bits per heavy atom. The monoisotopic (exact) mass is 480 g/mol. The lowest BCUT2D eigenvalue weighted by Gasteiger charge is -2.33. The van der Waals surface area contributed by atoms with Gasteiger partial charge in [-0.25, -0.2) is 4.98 Å². The molecule has 8 nitrogen and oxygen atoms in total. The van der Waals surface area contributed by atoms with Crippen molar-refractivity contribution in [2.45, 2.75) is 18.9 Å². The number of nitrogens with zero attached hydrogens (tertiary/aromatic N) is 3. The van der Waals surface area contributed by atoms with Crippen LogP contribution in [0.3, 0.4) is 0 Å². The Hall–Kier alpha value is -2.36. The first kappa shape index (κ1) is 21.4. The maximum absolute atomic E-state index is 12.7. The fraction of sp³-hybridized carbons (Fsp3) is 0.316. The quantitative estimate of drug-likeness (QED) is 0.533. The zero-order chi connectivity index (χ0) is 19.8. The van der Waals surface area contributed by atoms with E-state index in [0.717, 1.165) is 41.5 Å². The first-order valence-corrected chi connectivity index (χ1v) is 9.87. The standard InChI is InChI=1S/C19H21BrN6O2.ClH/c1-25-9-11(4-5-15(25)27)19(28)24-14-8-23-18-16(14)17(13(20)7-22-18)26-6-2-3-12(21)10-26;/h4-5,7-9,12H,2-3,6,10,21H2,1H3,(H,22,23)(H,24,28);1H/t12-;/m1./s1. The summed E-state index contributed by atoms with van der Waals surface area (Å²) in [7, 11) is 1.61. The third-order valence-corrected chi connectivity index (χ3v) is 5.58. The van der Waals surface area contributed by atoms with Crippen molar-refractivity contribution < 1.29 is 4.79 Å². The number of nitrogens with two attached hydrogens (primary N) is 1. The van der Waals surface area contributed by atoms with Crippen LogP contribution in [0.25, 0.3) is 11.0 Å². The third-order valence-electron chi connectivity index (χ3n) is 5.00. The van der Waals surface area contributed by atoms with Crippen molar-refractivity contribution in [2.24, 2.45) is 12.8 Å². The van der Waals surface area contributed by atoms with Gasteiger partial charge in [-0.1, -0.05) is 0 Å². The maximum atomic E-state index is 12.7. The smallest absolute Gasteiger partial charge is 0.257 e. The van der Waals surface area contributed by atoms with Gasteiger partial charge >= 0.3 is 0 Å². The van der Waals surface area contributed by atoms with E-state index in [4.69, 9.17) is 5.73 Å². The van der Waals surface area contributed by atoms with Crippen molar-refractivity contribution in [3.63, 3.8) is 0 Å². The Balaban J connectivity index is 0.00000240. The van der Waals surface area contributed by atoms with Gasteiger partial charge in [0.05, 0.1) is 26.8 Å². The van der Waals surface area contributed by atoms with Crippen molar-refractivity contribution in [3.05, 3.63) is 51.1 Å². The topological polar surface area (TPSA) is 109 Å². The van der Waals surface area contributed by atoms with Crippen molar-refractivity contribution in [1.82, 2.24) is 14.5 Å². The normalized spacial score (nSPS) is 16.5. The summed E-state index contributed by atoms with van der Waals surface area (Å²) in [6.45, 7) is 1.64. The molecule has 1 amide bonds. The number of rotatable bonds is 3. The SMILES string of the molecule is Cl.Cn1cc(C(=O)Nc2c[nH]c3ncc(Br)c(N4CCC[C@@H](N)C4)c23)ccc1=O. The molecule has 29 heavy (non-hydrogen) atoms. The van der Waals surface area contributed by atoms with Crippen LogP contribution in [0.1, 0.15) is 23.2 Å². The number of aromatic amines is 1. The number of hydrogen-bond acceptors (Lipinski definition) is 5. The van der Waals surface area contributed by atoms with Crippen LogP contribution in [-0.2, 0) is 7.05 Å². The van der Waals surface area contributed by atoms with E-state index in [0.29, 0.717) is 16.9 Å². The fourth-order valence-electron chi connectivity index (χ4n) is 3.60. The third kappa shape index (κ3) is 4.17. The molecule has 0 unspecified atom stereocenters. The summed E-state index contributed by atoms with van der Waals surface area (Å²) in [6, 6.07) is 3.01. The molecule has 0 spiro atoms. The molecule has 4 N–H and O–H groups in total. The van der Waals surface area contributed by atoms with Crippen LogP contribution < -0.4 is 21.5 Å². The van der Waals surface area contributed by atoms with Gasteiger partial charge in [0, 0.05) is 50.8 Å². The first-order valence-electron chi connectivity index (χ1n) is 9.08. The molecule has 3 aromatic rings. The number of pyridine rings is 2. The number of H-pyrrole nitrogens is 1. The van der Waals surface area contributed by atoms with Gasteiger partial charge in [0.1, 0.15) is 5.65 Å². The van der Waals surface area contributed by atoms with E-state index in [-0.39, 0.29) is 29.9 Å². The maximum Gasteiger partial charge on any atom is 0.257 e. The van der Waals surface area contributed by atoms with Gasteiger partial charge in [0.15, 0.2) is 0 Å². The van der Waals surface area contributed by atoms with Gasteiger partial charge in [-0.15, -0.1) is 12.4 Å². The lowest BCUT2D eigenvalue weighted by molar-refractivity contribution is 0.102. The second-order valence-corrected chi connectivity index (χ2v) is 7.90. The number of fused-ring (bicyclic) bond motifs is 1. The summed E-state index contributed by atoms with van der Waals surface area (Å²) < 4.78 is 2.23. The van der Waals surface area contributed by atoms with E-state index in [1.54, 1.807) is 19.4 Å². The number of piperidine rings is 1. The number of aryl methyl sites for hydroxylation is 1. The van der Waals surface area contributed by atoms with Gasteiger partial charge in [0.25, 0.3) is 5.91 Å². The zero-order valence-electron chi connectivity index (χ0n) is 15.8. The molecule has 0 aliphatic carbocycles. The summed E-state index contributed by atoms with van der Waals surface area (Å²) in [6.07, 6.45) is 7.03. The number of hydrogen-bond donors (Lipinski definition) is 3. The molecule has 0 saturated carbocycles. The minimum Gasteiger partial charge on any atom is -0.368 e. The molecule has 0 bridgehead atoms. The van der Waals surface area contributed by atoms with Gasteiger partial charge < -0.3 is 25.5 Å². The molecule has 4 rings (SSSR count). The Morgan fingerprint density at radius 3 is 2.93 bits per heavy atom. The molecule has 1 saturated heterocycles. The lowest BCUT2D eigenvalue weighted by atomic mass is 10.1. The Bertz CT molecular complexity index is 1110. The minimum atomic E-state index is -0.294. The average molecular weight is 482 g/mol. The van der Waals surface area contributed by atoms with E-state index in [9.17, 15) is 9.59 Å². The molecular weight excluding hydrogens is 460 g/mol. The van der Waals surface area contributed by atoms with E-state index >= 15 is 0 Å². The largest absolute Gasteiger partial charge is 0.368 e. The van der Waals surface area contributed by atoms with E-state index in [1.807, 2.05) is 0 Å². The van der Waals surface area contributed by atoms with E-state index in [2.05, 4.69) is 36.1 Å². The van der Waals surface area contributed by atoms with Crippen LogP contribution in [0.15, 0.2) is 40.0 Å². The highest BCUT2D eigenvalue weighted by atomic mass is 79.9. The molecule has 4 heterocycles. The van der Waals surface area contributed by atoms with Gasteiger partial charge in [-0.05, 0) is 34.8 Å². The van der Waals surface area contributed by atoms with Crippen LogP contribution >= 0.6 is 28.3 Å². The summed E-state index contributed by atoms with van der Waals surface area (Å²) in [5.41, 5.74) is 8.71. The number of aromatic nitrogens is 3. The summed E-state index contributed by atoms with van der Waals surface area (Å²) in [5.74, 6) is -0.294. The van der Waals surface area contributed by atoms with Crippen LogP contribution in [0, 0.1) is 0 Å². The van der Waals surface area contributed by atoms with Crippen molar-refractivity contribution in [1.29, 1.82) is 0 Å². The minimum absolute atomic E-state index is 0. The second kappa shape index (κ2) is 8.56. The predicted octanol–water partition coefficient (Wildman–Crippen LogP) is 2.63. The molecule has 1 atom stereocenters. The fourth-order valence-corrected chi connectivity index (χ4v) is 4.15. The zero-order valence-corrected chi connectivity index (χ0v) is 18.2. The first-order chi connectivity index (χ1) is 13.4. The molecule has 1 aliphatic heterocycles. The number of halogens is 2. The molecule has 154 valence electrons. The summed E-state index contributed by atoms with van der Waals surface area (Å²) in [5, 5.41) is 3.78. The highest BCUT2D eigenvalue weighted by Crippen LogP contribution is 2.38. The summed E-state index contributed by atoms with van der Waals surface area (Å²) >= 11 is 3.61. The van der Waals surface area contributed by atoms with E-state index < -0.39 is 0 Å². The molecule has 1 aliphatic rings. The van der Waals surface area contributed by atoms with Crippen LogP contribution in [0.2, 0.25) is 0 Å². The molecular formula is C19H22BrClN6O2. The highest BCUT2D eigenvalue weighted by Gasteiger charge is 2.24. The van der Waals surface area contributed by atoms with Gasteiger partial charge in [-0.3, -0.25) is 9.59 Å². The lowest BCUT2D eigenvalue weighted by Crippen LogP contribution is -2.43. The van der Waals surface area contributed by atoms with Crippen LogP contribution in [-0.4, -0.2) is 39.6 Å². The van der Waals surface area contributed by atoms with Gasteiger partial charge in [0.2, 0.25) is 5.56 Å². The molecule has 0 radical (unpaired) electrons. The van der Waals surface area contributed by atoms with Crippen molar-refractivity contribution in [3.8, 4) is 0 Å². The van der Waals surface area contributed by atoms with Crippen molar-refractivity contribution >= 4 is 56.7 Å². The molecule has 0 aromatic carbocycles. The number of nitrogens with one attached hydrogen (secondary N) is 2. The highest BCUT2D eigenvalue weighted by molar-refractivity contribution is 9.10. The Kier molecular flexibility index (Phi) is 6.30. The molecule has 3 aromatic heterocycles. The van der Waals surface area contributed by atoms with E-state index in [1.165, 1.54) is 22.9 Å². The number of carbonyl (C=O) groups excluding carboxylic acids is 1. The molecule has 1 fully saturated rings. The molecule has 10 heteroatoms. The predicted molar refractivity (Wildman–Crippen MR) is 120 cm³/mol.